The monoisotopic (exact) mass is 406 g/mol. The fourth-order valence-corrected chi connectivity index (χ4v) is 3.26. The molecule has 1 amide bonds. The standard InChI is InChI=1S/C23H19FN2O4/c1-15-8-10-16(11-9-15)19-13-20(21-7-4-12-29-21)26(25-19)22(27)14-30-23(28)17-5-2-3-6-18(17)24/h2-12,20H,13-14H2,1H3/t20-/m1/s1. The Bertz CT molecular complexity index is 1090. The van der Waals surface area contributed by atoms with Crippen molar-refractivity contribution in [3.63, 3.8) is 0 Å². The Kier molecular flexibility index (Phi) is 5.43. The molecule has 0 saturated heterocycles. The molecule has 0 fully saturated rings. The first-order valence-electron chi connectivity index (χ1n) is 9.44. The Balaban J connectivity index is 1.52. The average molecular weight is 406 g/mol. The van der Waals surface area contributed by atoms with Crippen molar-refractivity contribution in [1.82, 2.24) is 5.01 Å². The maximum atomic E-state index is 13.8. The maximum absolute atomic E-state index is 13.8. The number of halogens is 1. The predicted octanol–water partition coefficient (Wildman–Crippen LogP) is 4.26. The molecule has 1 aliphatic heterocycles. The lowest BCUT2D eigenvalue weighted by Gasteiger charge is -2.19. The lowest BCUT2D eigenvalue weighted by atomic mass is 10.0. The minimum Gasteiger partial charge on any atom is -0.467 e. The molecule has 2 heterocycles. The molecule has 1 aromatic heterocycles. The molecular formula is C23H19FN2O4. The van der Waals surface area contributed by atoms with Gasteiger partial charge in [0.15, 0.2) is 6.61 Å². The van der Waals surface area contributed by atoms with Crippen molar-refractivity contribution >= 4 is 17.6 Å². The summed E-state index contributed by atoms with van der Waals surface area (Å²) >= 11 is 0. The zero-order chi connectivity index (χ0) is 21.1. The van der Waals surface area contributed by atoms with Gasteiger partial charge in [-0.25, -0.2) is 14.2 Å². The lowest BCUT2D eigenvalue weighted by molar-refractivity contribution is -0.136. The number of amides is 1. The molecule has 4 rings (SSSR count). The quantitative estimate of drug-likeness (QED) is 0.594. The van der Waals surface area contributed by atoms with Gasteiger partial charge in [0, 0.05) is 6.42 Å². The molecule has 0 aliphatic carbocycles. The van der Waals surface area contributed by atoms with E-state index in [-0.39, 0.29) is 5.56 Å². The van der Waals surface area contributed by atoms with Crippen molar-refractivity contribution in [2.24, 2.45) is 5.10 Å². The van der Waals surface area contributed by atoms with E-state index in [9.17, 15) is 14.0 Å². The highest BCUT2D eigenvalue weighted by atomic mass is 19.1. The van der Waals surface area contributed by atoms with Crippen molar-refractivity contribution in [3.8, 4) is 0 Å². The third-order valence-electron chi connectivity index (χ3n) is 4.84. The van der Waals surface area contributed by atoms with Gasteiger partial charge in [-0.3, -0.25) is 4.79 Å². The van der Waals surface area contributed by atoms with E-state index >= 15 is 0 Å². The van der Waals surface area contributed by atoms with E-state index in [1.807, 2.05) is 31.2 Å². The molecule has 3 aromatic rings. The summed E-state index contributed by atoms with van der Waals surface area (Å²) in [5.41, 5.74) is 2.52. The van der Waals surface area contributed by atoms with E-state index in [2.05, 4.69) is 5.10 Å². The molecule has 0 spiro atoms. The number of furan rings is 1. The van der Waals surface area contributed by atoms with Gasteiger partial charge >= 0.3 is 5.97 Å². The van der Waals surface area contributed by atoms with Gasteiger partial charge in [-0.1, -0.05) is 42.0 Å². The summed E-state index contributed by atoms with van der Waals surface area (Å²) in [6.45, 7) is 1.43. The van der Waals surface area contributed by atoms with Crippen LogP contribution in [-0.2, 0) is 9.53 Å². The Labute approximate surface area is 172 Å². The molecule has 0 radical (unpaired) electrons. The highest BCUT2D eigenvalue weighted by Crippen LogP contribution is 2.33. The number of hydrogen-bond donors (Lipinski definition) is 0. The van der Waals surface area contributed by atoms with Crippen LogP contribution in [0.5, 0.6) is 0 Å². The molecule has 7 heteroatoms. The first-order chi connectivity index (χ1) is 14.5. The Morgan fingerprint density at radius 3 is 2.60 bits per heavy atom. The van der Waals surface area contributed by atoms with E-state index in [1.54, 1.807) is 12.1 Å². The largest absolute Gasteiger partial charge is 0.467 e. The molecule has 2 aromatic carbocycles. The van der Waals surface area contributed by atoms with E-state index < -0.39 is 30.3 Å². The Morgan fingerprint density at radius 1 is 1.13 bits per heavy atom. The summed E-state index contributed by atoms with van der Waals surface area (Å²) in [5.74, 6) is -1.56. The van der Waals surface area contributed by atoms with Crippen LogP contribution in [-0.4, -0.2) is 29.2 Å². The maximum Gasteiger partial charge on any atom is 0.341 e. The zero-order valence-corrected chi connectivity index (χ0v) is 16.2. The number of aryl methyl sites for hydroxylation is 1. The highest BCUT2D eigenvalue weighted by molar-refractivity contribution is 6.03. The number of nitrogens with zero attached hydrogens (tertiary/aromatic N) is 2. The molecular weight excluding hydrogens is 387 g/mol. The van der Waals surface area contributed by atoms with Crippen LogP contribution in [0, 0.1) is 12.7 Å². The molecule has 0 saturated carbocycles. The molecule has 0 N–H and O–H groups in total. The van der Waals surface area contributed by atoms with Crippen LogP contribution in [0.2, 0.25) is 0 Å². The van der Waals surface area contributed by atoms with Crippen LogP contribution < -0.4 is 0 Å². The molecule has 0 unspecified atom stereocenters. The summed E-state index contributed by atoms with van der Waals surface area (Å²) in [6, 6.07) is 16.3. The average Bonchev–Trinajstić information content (AvgIpc) is 3.42. The molecule has 1 atom stereocenters. The van der Waals surface area contributed by atoms with Crippen LogP contribution in [0.3, 0.4) is 0 Å². The minimum atomic E-state index is -0.905. The SMILES string of the molecule is Cc1ccc(C2=NN(C(=O)COC(=O)c3ccccc3F)[C@@H](c3ccco3)C2)cc1. The number of ether oxygens (including phenoxy) is 1. The first-order valence-corrected chi connectivity index (χ1v) is 9.44. The van der Waals surface area contributed by atoms with Crippen molar-refractivity contribution in [3.05, 3.63) is 95.2 Å². The van der Waals surface area contributed by atoms with Crippen molar-refractivity contribution in [2.45, 2.75) is 19.4 Å². The molecule has 152 valence electrons. The van der Waals surface area contributed by atoms with Crippen LogP contribution in [0.15, 0.2) is 76.4 Å². The lowest BCUT2D eigenvalue weighted by Crippen LogP contribution is -2.31. The van der Waals surface area contributed by atoms with Crippen molar-refractivity contribution in [2.75, 3.05) is 6.61 Å². The molecule has 6 nitrogen and oxygen atoms in total. The minimum absolute atomic E-state index is 0.224. The number of hydrogen-bond acceptors (Lipinski definition) is 5. The van der Waals surface area contributed by atoms with Crippen LogP contribution in [0.4, 0.5) is 4.39 Å². The Hall–Kier alpha value is -3.74. The van der Waals surface area contributed by atoms with Gasteiger partial charge in [-0.2, -0.15) is 5.10 Å². The van der Waals surface area contributed by atoms with E-state index in [4.69, 9.17) is 9.15 Å². The highest BCUT2D eigenvalue weighted by Gasteiger charge is 2.35. The number of hydrazone groups is 1. The number of esters is 1. The van der Waals surface area contributed by atoms with Gasteiger partial charge in [0.1, 0.15) is 17.6 Å². The third-order valence-corrected chi connectivity index (χ3v) is 4.84. The molecule has 1 aliphatic rings. The second-order valence-corrected chi connectivity index (χ2v) is 6.94. The van der Waals surface area contributed by atoms with Gasteiger partial charge in [0.05, 0.1) is 17.5 Å². The van der Waals surface area contributed by atoms with Gasteiger partial charge in [0.25, 0.3) is 5.91 Å². The van der Waals surface area contributed by atoms with E-state index in [1.165, 1.54) is 29.5 Å². The number of carbonyl (C=O) groups is 2. The zero-order valence-electron chi connectivity index (χ0n) is 16.2. The topological polar surface area (TPSA) is 72.1 Å². The first kappa shape index (κ1) is 19.6. The van der Waals surface area contributed by atoms with Crippen LogP contribution >= 0.6 is 0 Å². The Morgan fingerprint density at radius 2 is 1.90 bits per heavy atom. The van der Waals surface area contributed by atoms with Crippen LogP contribution in [0.25, 0.3) is 0 Å². The molecule has 0 bridgehead atoms. The van der Waals surface area contributed by atoms with Crippen molar-refractivity contribution < 1.29 is 23.1 Å². The summed E-state index contributed by atoms with van der Waals surface area (Å²) in [4.78, 5) is 24.9. The van der Waals surface area contributed by atoms with Gasteiger partial charge < -0.3 is 9.15 Å². The fraction of sp³-hybridized carbons (Fsp3) is 0.174. The normalized spacial score (nSPS) is 15.7. The van der Waals surface area contributed by atoms with Gasteiger partial charge in [-0.15, -0.1) is 0 Å². The van der Waals surface area contributed by atoms with E-state index in [0.29, 0.717) is 12.2 Å². The number of benzene rings is 2. The number of rotatable bonds is 5. The third kappa shape index (κ3) is 4.00. The predicted molar refractivity (Wildman–Crippen MR) is 107 cm³/mol. The second-order valence-electron chi connectivity index (χ2n) is 6.94. The van der Waals surface area contributed by atoms with Crippen LogP contribution in [0.1, 0.15) is 39.7 Å². The van der Waals surface area contributed by atoms with Gasteiger partial charge in [-0.05, 0) is 36.8 Å². The summed E-state index contributed by atoms with van der Waals surface area (Å²) in [7, 11) is 0. The summed E-state index contributed by atoms with van der Waals surface area (Å²) in [5, 5.41) is 5.74. The second kappa shape index (κ2) is 8.32. The number of carbonyl (C=O) groups excluding carboxylic acids is 2. The summed E-state index contributed by atoms with van der Waals surface area (Å²) in [6.07, 6.45) is 1.99. The van der Waals surface area contributed by atoms with E-state index in [0.717, 1.165) is 22.9 Å². The summed E-state index contributed by atoms with van der Waals surface area (Å²) < 4.78 is 24.3. The fourth-order valence-electron chi connectivity index (χ4n) is 3.26. The van der Waals surface area contributed by atoms with Gasteiger partial charge in [0.2, 0.25) is 0 Å². The molecule has 30 heavy (non-hydrogen) atoms. The smallest absolute Gasteiger partial charge is 0.341 e. The van der Waals surface area contributed by atoms with Crippen molar-refractivity contribution in [1.29, 1.82) is 0 Å².